The summed E-state index contributed by atoms with van der Waals surface area (Å²) in [5, 5.41) is 52.0. The standard InChI is InChI=1S/C41H57F3N8O14/c42-41(43,44)30-5-1-2-6-31(30)46-35(54)24-48-15-17-49(25-36(55)56)13-11-47(12-14-50(18-16-48)26-37(57)58)10-9-45-34(53)23-51(27-38(59)60)19-21-65-32-7-3-4-8-33(32)66-22-20-52(28-39(61)62)29-40(63)64/h1-8H,9-29H2,(H,45,53)(H,46,54)(H,55,56)(H,57,58)(H,59,60)(H,61,62)(H,63,64). The average Bonchev–Trinajstić information content (AvgIpc) is 3.20. The second-order valence-electron chi connectivity index (χ2n) is 15.1. The number of amides is 2. The smallest absolute Gasteiger partial charge is 0.418 e. The Balaban J connectivity index is 1.58. The van der Waals surface area contributed by atoms with Crippen molar-refractivity contribution < 1.29 is 81.7 Å². The van der Waals surface area contributed by atoms with E-state index in [9.17, 15) is 62.1 Å². The maximum absolute atomic E-state index is 13.6. The van der Waals surface area contributed by atoms with Crippen LogP contribution in [-0.2, 0) is 39.7 Å². The molecule has 2 amide bonds. The van der Waals surface area contributed by atoms with Crippen LogP contribution in [0.5, 0.6) is 11.5 Å². The zero-order chi connectivity index (χ0) is 48.6. The molecule has 1 aliphatic heterocycles. The van der Waals surface area contributed by atoms with Crippen LogP contribution in [-0.4, -0.2) is 234 Å². The highest BCUT2D eigenvalue weighted by molar-refractivity contribution is 5.93. The van der Waals surface area contributed by atoms with Crippen molar-refractivity contribution >= 4 is 47.3 Å². The number of ether oxygens (including phenoxy) is 2. The predicted molar refractivity (Wildman–Crippen MR) is 227 cm³/mol. The van der Waals surface area contributed by atoms with Crippen molar-refractivity contribution in [1.82, 2.24) is 34.7 Å². The van der Waals surface area contributed by atoms with E-state index < -0.39 is 78.7 Å². The minimum Gasteiger partial charge on any atom is -0.488 e. The summed E-state index contributed by atoms with van der Waals surface area (Å²) in [6, 6.07) is 11.0. The molecule has 0 bridgehead atoms. The van der Waals surface area contributed by atoms with Gasteiger partial charge in [-0.25, -0.2) is 0 Å². The van der Waals surface area contributed by atoms with Gasteiger partial charge in [-0.15, -0.1) is 0 Å². The van der Waals surface area contributed by atoms with E-state index in [1.165, 1.54) is 21.9 Å². The molecule has 22 nitrogen and oxygen atoms in total. The Hall–Kier alpha value is -6.12. The summed E-state index contributed by atoms with van der Waals surface area (Å²) < 4.78 is 52.2. The number of nitrogens with one attached hydrogen (secondary N) is 2. The molecule has 0 spiro atoms. The number of benzene rings is 2. The van der Waals surface area contributed by atoms with Crippen molar-refractivity contribution in [3.63, 3.8) is 0 Å². The molecule has 0 aliphatic carbocycles. The molecule has 1 heterocycles. The fraction of sp³-hybridized carbons (Fsp3) is 0.537. The molecule has 25 heteroatoms. The van der Waals surface area contributed by atoms with Crippen LogP contribution in [0.2, 0.25) is 0 Å². The molecule has 0 saturated carbocycles. The van der Waals surface area contributed by atoms with E-state index in [1.54, 1.807) is 39.0 Å². The molecule has 0 radical (unpaired) electrons. The molecule has 366 valence electrons. The Labute approximate surface area is 378 Å². The zero-order valence-corrected chi connectivity index (χ0v) is 36.2. The van der Waals surface area contributed by atoms with Gasteiger partial charge >= 0.3 is 36.0 Å². The van der Waals surface area contributed by atoms with Crippen LogP contribution in [0.15, 0.2) is 48.5 Å². The molecule has 1 aliphatic rings. The Bertz CT molecular complexity index is 1880. The Morgan fingerprint density at radius 1 is 0.545 bits per heavy atom. The van der Waals surface area contributed by atoms with Gasteiger partial charge in [-0.1, -0.05) is 24.3 Å². The van der Waals surface area contributed by atoms with E-state index in [2.05, 4.69) is 10.6 Å². The normalized spacial score (nSPS) is 15.0. The van der Waals surface area contributed by atoms with Crippen LogP contribution in [0, 0.1) is 0 Å². The minimum atomic E-state index is -4.72. The van der Waals surface area contributed by atoms with Crippen molar-refractivity contribution in [1.29, 1.82) is 0 Å². The van der Waals surface area contributed by atoms with Crippen LogP contribution in [0.4, 0.5) is 18.9 Å². The number of carboxylic acids is 5. The fourth-order valence-electron chi connectivity index (χ4n) is 6.76. The highest BCUT2D eigenvalue weighted by Crippen LogP contribution is 2.34. The van der Waals surface area contributed by atoms with Gasteiger partial charge in [-0.05, 0) is 24.3 Å². The zero-order valence-electron chi connectivity index (χ0n) is 36.2. The number of nitrogens with zero attached hydrogens (tertiary/aromatic N) is 6. The van der Waals surface area contributed by atoms with Gasteiger partial charge in [-0.3, -0.25) is 63.0 Å². The lowest BCUT2D eigenvalue weighted by molar-refractivity contribution is -0.143. The number of aliphatic carboxylic acids is 5. The Kier molecular flexibility index (Phi) is 23.0. The first-order valence-corrected chi connectivity index (χ1v) is 20.8. The summed E-state index contributed by atoms with van der Waals surface area (Å²) in [7, 11) is 0. The summed E-state index contributed by atoms with van der Waals surface area (Å²) in [6.45, 7) is -1.17. The second kappa shape index (κ2) is 28.0. The van der Waals surface area contributed by atoms with Gasteiger partial charge in [0.1, 0.15) is 13.2 Å². The third-order valence-electron chi connectivity index (χ3n) is 9.89. The highest BCUT2D eigenvalue weighted by Gasteiger charge is 2.34. The van der Waals surface area contributed by atoms with Gasteiger partial charge in [0.05, 0.1) is 57.1 Å². The number of carbonyl (C=O) groups is 7. The van der Waals surface area contributed by atoms with Gasteiger partial charge < -0.3 is 45.6 Å². The molecule has 3 rings (SSSR count). The van der Waals surface area contributed by atoms with Crippen LogP contribution in [0.1, 0.15) is 5.56 Å². The van der Waals surface area contributed by atoms with E-state index in [4.69, 9.17) is 19.7 Å². The van der Waals surface area contributed by atoms with E-state index in [-0.39, 0.29) is 129 Å². The van der Waals surface area contributed by atoms with Crippen molar-refractivity contribution in [2.24, 2.45) is 0 Å². The molecular formula is C41H57F3N8O14. The number of hydrogen-bond donors (Lipinski definition) is 7. The molecule has 2 aromatic carbocycles. The fourth-order valence-corrected chi connectivity index (χ4v) is 6.76. The van der Waals surface area contributed by atoms with Crippen molar-refractivity contribution in [3.05, 3.63) is 54.1 Å². The van der Waals surface area contributed by atoms with E-state index in [0.717, 1.165) is 12.1 Å². The second-order valence-corrected chi connectivity index (χ2v) is 15.1. The topological polar surface area (TPSA) is 283 Å². The molecule has 1 fully saturated rings. The first-order chi connectivity index (χ1) is 31.3. The van der Waals surface area contributed by atoms with E-state index in [1.807, 2.05) is 4.90 Å². The van der Waals surface area contributed by atoms with Gasteiger partial charge in [0.25, 0.3) is 0 Å². The number of halogens is 3. The van der Waals surface area contributed by atoms with Crippen molar-refractivity contribution in [2.75, 3.05) is 143 Å². The van der Waals surface area contributed by atoms with Crippen molar-refractivity contribution in [3.8, 4) is 11.5 Å². The summed E-state index contributed by atoms with van der Waals surface area (Å²) in [4.78, 5) is 92.8. The lowest BCUT2D eigenvalue weighted by Crippen LogP contribution is -2.50. The van der Waals surface area contributed by atoms with E-state index in [0.29, 0.717) is 0 Å². The molecule has 2 aromatic rings. The number of alkyl halides is 3. The van der Waals surface area contributed by atoms with Crippen LogP contribution >= 0.6 is 0 Å². The van der Waals surface area contributed by atoms with E-state index >= 15 is 0 Å². The molecule has 0 unspecified atom stereocenters. The number of carboxylic acid groups (broad SMARTS) is 5. The monoisotopic (exact) mass is 942 g/mol. The molecule has 7 N–H and O–H groups in total. The summed E-state index contributed by atoms with van der Waals surface area (Å²) in [6.07, 6.45) is -4.72. The van der Waals surface area contributed by atoms with Gasteiger partial charge in [0.15, 0.2) is 11.5 Å². The molecule has 0 aromatic heterocycles. The van der Waals surface area contributed by atoms with Gasteiger partial charge in [-0.2, -0.15) is 13.2 Å². The van der Waals surface area contributed by atoms with Gasteiger partial charge in [0.2, 0.25) is 11.8 Å². The SMILES string of the molecule is O=C(O)CN1CCN(CCNC(=O)CN(CCOc2ccccc2OCCN(CC(=O)O)CC(=O)O)CC(=O)O)CCN(CC(=O)O)CCN(CC(=O)Nc2ccccc2C(F)(F)F)CC1. The van der Waals surface area contributed by atoms with Gasteiger partial charge in [0, 0.05) is 78.5 Å². The molecule has 0 atom stereocenters. The number of hydrogen-bond acceptors (Lipinski definition) is 15. The lowest BCUT2D eigenvalue weighted by Gasteiger charge is -2.33. The van der Waals surface area contributed by atoms with Crippen LogP contribution < -0.4 is 20.1 Å². The third-order valence-corrected chi connectivity index (χ3v) is 9.89. The maximum atomic E-state index is 13.6. The number of para-hydroxylation sites is 3. The molecule has 1 saturated heterocycles. The first-order valence-electron chi connectivity index (χ1n) is 20.8. The minimum absolute atomic E-state index is 0.00186. The largest absolute Gasteiger partial charge is 0.488 e. The summed E-state index contributed by atoms with van der Waals surface area (Å²) in [5.41, 5.74) is -1.44. The maximum Gasteiger partial charge on any atom is 0.418 e. The first kappa shape index (κ1) is 54.2. The number of anilines is 1. The number of carbonyl (C=O) groups excluding carboxylic acids is 2. The number of rotatable bonds is 26. The average molecular weight is 943 g/mol. The summed E-state index contributed by atoms with van der Waals surface area (Å²) >= 11 is 0. The molecule has 66 heavy (non-hydrogen) atoms. The van der Waals surface area contributed by atoms with Crippen LogP contribution in [0.3, 0.4) is 0 Å². The quantitative estimate of drug-likeness (QED) is 0.0624. The van der Waals surface area contributed by atoms with Crippen LogP contribution in [0.25, 0.3) is 0 Å². The predicted octanol–water partition coefficient (Wildman–Crippen LogP) is -0.533. The Morgan fingerprint density at radius 3 is 1.39 bits per heavy atom. The highest BCUT2D eigenvalue weighted by atomic mass is 19.4. The Morgan fingerprint density at radius 2 is 0.955 bits per heavy atom. The van der Waals surface area contributed by atoms with Crippen molar-refractivity contribution in [2.45, 2.75) is 6.18 Å². The summed E-state index contributed by atoms with van der Waals surface area (Å²) in [5.74, 6) is -6.56. The lowest BCUT2D eigenvalue weighted by atomic mass is 10.1. The molecular weight excluding hydrogens is 885 g/mol. The third kappa shape index (κ3) is 22.2.